The lowest BCUT2D eigenvalue weighted by molar-refractivity contribution is 0.480. The summed E-state index contributed by atoms with van der Waals surface area (Å²) >= 11 is 6.03. The Morgan fingerprint density at radius 2 is 1.88 bits per heavy atom. The van der Waals surface area contributed by atoms with Crippen molar-refractivity contribution in [2.24, 2.45) is 5.92 Å². The quantitative estimate of drug-likeness (QED) is 0.661. The van der Waals surface area contributed by atoms with Crippen molar-refractivity contribution >= 4 is 11.6 Å². The van der Waals surface area contributed by atoms with Crippen molar-refractivity contribution in [2.75, 3.05) is 0 Å². The van der Waals surface area contributed by atoms with Gasteiger partial charge in [-0.1, -0.05) is 48.0 Å². The summed E-state index contributed by atoms with van der Waals surface area (Å²) in [5.74, 6) is 0.744. The third-order valence-corrected chi connectivity index (χ3v) is 5.00. The Balaban J connectivity index is 1.43. The number of benzene rings is 2. The third kappa shape index (κ3) is 4.30. The van der Waals surface area contributed by atoms with Gasteiger partial charge in [-0.3, -0.25) is 4.68 Å². The molecule has 3 aromatic rings. The average Bonchev–Trinajstić information content (AvgIpc) is 3.34. The zero-order valence-corrected chi connectivity index (χ0v) is 14.9. The summed E-state index contributed by atoms with van der Waals surface area (Å²) in [6.45, 7) is 1.68. The van der Waals surface area contributed by atoms with Gasteiger partial charge in [0.25, 0.3) is 0 Å². The summed E-state index contributed by atoms with van der Waals surface area (Å²) in [4.78, 5) is 0. The molecule has 1 heterocycles. The molecule has 128 valence electrons. The zero-order valence-electron chi connectivity index (χ0n) is 14.1. The molecule has 1 aliphatic rings. The lowest BCUT2D eigenvalue weighted by atomic mass is 10.0. The van der Waals surface area contributed by atoms with E-state index in [-0.39, 0.29) is 0 Å². The standard InChI is InChI=1S/C21H22ClN3/c22-20-9-7-19(8-10-20)21(18-5-6-18)23-14-16-3-1-4-17(13-16)15-25-12-2-11-24-25/h1-4,7-13,18,21,23H,5-6,14-15H2/t21-/m1/s1. The Bertz CT molecular complexity index is 807. The van der Waals surface area contributed by atoms with Crippen molar-refractivity contribution in [3.8, 4) is 0 Å². The first-order valence-electron chi connectivity index (χ1n) is 8.82. The fraction of sp³-hybridized carbons (Fsp3) is 0.286. The Hall–Kier alpha value is -2.10. The van der Waals surface area contributed by atoms with Crippen molar-refractivity contribution in [1.29, 1.82) is 0 Å². The molecule has 3 nitrogen and oxygen atoms in total. The van der Waals surface area contributed by atoms with E-state index < -0.39 is 0 Å². The van der Waals surface area contributed by atoms with Crippen LogP contribution in [0.3, 0.4) is 0 Å². The first-order chi connectivity index (χ1) is 12.3. The molecular weight excluding hydrogens is 330 g/mol. The zero-order chi connectivity index (χ0) is 17.1. The molecule has 0 unspecified atom stereocenters. The first-order valence-corrected chi connectivity index (χ1v) is 9.20. The largest absolute Gasteiger partial charge is 0.306 e. The van der Waals surface area contributed by atoms with Gasteiger partial charge in [-0.2, -0.15) is 5.10 Å². The number of aromatic nitrogens is 2. The molecule has 2 aromatic carbocycles. The second-order valence-electron chi connectivity index (χ2n) is 6.77. The maximum Gasteiger partial charge on any atom is 0.0659 e. The van der Waals surface area contributed by atoms with Gasteiger partial charge >= 0.3 is 0 Å². The van der Waals surface area contributed by atoms with Crippen LogP contribution in [-0.2, 0) is 13.1 Å². The molecule has 4 rings (SSSR count). The average molecular weight is 352 g/mol. The van der Waals surface area contributed by atoms with Crippen LogP contribution in [0.15, 0.2) is 67.0 Å². The predicted octanol–water partition coefficient (Wildman–Crippen LogP) is 4.83. The molecule has 0 bridgehead atoms. The maximum absolute atomic E-state index is 6.03. The van der Waals surface area contributed by atoms with Crippen LogP contribution >= 0.6 is 11.6 Å². The van der Waals surface area contributed by atoms with Gasteiger partial charge in [-0.05, 0) is 53.6 Å². The van der Waals surface area contributed by atoms with E-state index in [9.17, 15) is 0 Å². The van der Waals surface area contributed by atoms with Gasteiger partial charge in [0, 0.05) is 30.0 Å². The van der Waals surface area contributed by atoms with Gasteiger partial charge in [0.05, 0.1) is 6.54 Å². The smallest absolute Gasteiger partial charge is 0.0659 e. The van der Waals surface area contributed by atoms with E-state index in [1.807, 2.05) is 35.3 Å². The van der Waals surface area contributed by atoms with Gasteiger partial charge in [0.2, 0.25) is 0 Å². The highest BCUT2D eigenvalue weighted by Crippen LogP contribution is 2.41. The summed E-state index contributed by atoms with van der Waals surface area (Å²) in [6, 6.07) is 19.4. The highest BCUT2D eigenvalue weighted by atomic mass is 35.5. The maximum atomic E-state index is 6.03. The number of rotatable bonds is 7. The monoisotopic (exact) mass is 351 g/mol. The normalized spacial score (nSPS) is 15.2. The summed E-state index contributed by atoms with van der Waals surface area (Å²) in [7, 11) is 0. The topological polar surface area (TPSA) is 29.9 Å². The number of nitrogens with zero attached hydrogens (tertiary/aromatic N) is 2. The summed E-state index contributed by atoms with van der Waals surface area (Å²) in [6.07, 6.45) is 6.42. The SMILES string of the molecule is Clc1ccc([C@H](NCc2cccc(Cn3cccn3)c2)C2CC2)cc1. The minimum absolute atomic E-state index is 0.409. The van der Waals surface area contributed by atoms with Crippen molar-refractivity contribution in [3.63, 3.8) is 0 Å². The molecule has 1 aliphatic carbocycles. The van der Waals surface area contributed by atoms with Crippen molar-refractivity contribution in [2.45, 2.75) is 32.0 Å². The molecule has 0 saturated heterocycles. The Labute approximate surface area is 153 Å². The second-order valence-corrected chi connectivity index (χ2v) is 7.21. The van der Waals surface area contributed by atoms with Crippen LogP contribution in [0.2, 0.25) is 5.02 Å². The van der Waals surface area contributed by atoms with E-state index in [0.29, 0.717) is 6.04 Å². The number of hydrogen-bond donors (Lipinski definition) is 1. The number of nitrogens with one attached hydrogen (secondary N) is 1. The van der Waals surface area contributed by atoms with Gasteiger partial charge in [0.1, 0.15) is 0 Å². The van der Waals surface area contributed by atoms with E-state index in [0.717, 1.165) is 24.0 Å². The predicted molar refractivity (Wildman–Crippen MR) is 102 cm³/mol. The molecule has 0 aliphatic heterocycles. The molecule has 1 aromatic heterocycles. The van der Waals surface area contributed by atoms with E-state index in [1.165, 1.54) is 29.5 Å². The molecule has 1 fully saturated rings. The molecule has 1 N–H and O–H groups in total. The summed E-state index contributed by atoms with van der Waals surface area (Å²) in [5, 5.41) is 8.83. The van der Waals surface area contributed by atoms with Crippen molar-refractivity contribution in [1.82, 2.24) is 15.1 Å². The molecular formula is C21H22ClN3. The van der Waals surface area contributed by atoms with Gasteiger partial charge < -0.3 is 5.32 Å². The highest BCUT2D eigenvalue weighted by molar-refractivity contribution is 6.30. The van der Waals surface area contributed by atoms with Crippen LogP contribution < -0.4 is 5.32 Å². The highest BCUT2D eigenvalue weighted by Gasteiger charge is 2.31. The van der Waals surface area contributed by atoms with Crippen LogP contribution in [0.4, 0.5) is 0 Å². The second kappa shape index (κ2) is 7.42. The first kappa shape index (κ1) is 16.4. The molecule has 0 amide bonds. The molecule has 0 spiro atoms. The van der Waals surface area contributed by atoms with Crippen LogP contribution in [-0.4, -0.2) is 9.78 Å². The van der Waals surface area contributed by atoms with Crippen LogP contribution in [0.1, 0.15) is 35.6 Å². The minimum Gasteiger partial charge on any atom is -0.306 e. The fourth-order valence-corrected chi connectivity index (χ4v) is 3.43. The molecule has 25 heavy (non-hydrogen) atoms. The molecule has 0 radical (unpaired) electrons. The fourth-order valence-electron chi connectivity index (χ4n) is 3.30. The summed E-state index contributed by atoms with van der Waals surface area (Å²) < 4.78 is 1.95. The molecule has 1 atom stereocenters. The van der Waals surface area contributed by atoms with Gasteiger partial charge in [-0.25, -0.2) is 0 Å². The van der Waals surface area contributed by atoms with E-state index in [4.69, 9.17) is 11.6 Å². The number of hydrogen-bond acceptors (Lipinski definition) is 2. The van der Waals surface area contributed by atoms with Gasteiger partial charge in [-0.15, -0.1) is 0 Å². The molecule has 1 saturated carbocycles. The van der Waals surface area contributed by atoms with Crippen LogP contribution in [0.25, 0.3) is 0 Å². The van der Waals surface area contributed by atoms with Crippen LogP contribution in [0.5, 0.6) is 0 Å². The van der Waals surface area contributed by atoms with Gasteiger partial charge in [0.15, 0.2) is 0 Å². The Kier molecular flexibility index (Phi) is 4.86. The Morgan fingerprint density at radius 1 is 1.08 bits per heavy atom. The lowest BCUT2D eigenvalue weighted by Crippen LogP contribution is -2.22. The van der Waals surface area contributed by atoms with E-state index in [1.54, 1.807) is 0 Å². The van der Waals surface area contributed by atoms with Crippen LogP contribution in [0, 0.1) is 5.92 Å². The number of halogens is 1. The third-order valence-electron chi connectivity index (χ3n) is 4.74. The van der Waals surface area contributed by atoms with E-state index >= 15 is 0 Å². The summed E-state index contributed by atoms with van der Waals surface area (Å²) in [5.41, 5.74) is 3.92. The van der Waals surface area contributed by atoms with E-state index in [2.05, 4.69) is 46.8 Å². The van der Waals surface area contributed by atoms with Crippen molar-refractivity contribution in [3.05, 3.63) is 88.7 Å². The van der Waals surface area contributed by atoms with Crippen molar-refractivity contribution < 1.29 is 0 Å². The minimum atomic E-state index is 0.409. The molecule has 4 heteroatoms. The Morgan fingerprint density at radius 3 is 2.60 bits per heavy atom. The lowest BCUT2D eigenvalue weighted by Gasteiger charge is -2.19.